The third kappa shape index (κ3) is 3.73. The van der Waals surface area contributed by atoms with Crippen LogP contribution in [0.5, 0.6) is 0 Å². The highest BCUT2D eigenvalue weighted by Gasteiger charge is 2.48. The van der Waals surface area contributed by atoms with E-state index in [1.54, 1.807) is 0 Å². The van der Waals surface area contributed by atoms with Gasteiger partial charge in [0.2, 0.25) is 0 Å². The molecule has 0 aromatic carbocycles. The van der Waals surface area contributed by atoms with Gasteiger partial charge in [-0.3, -0.25) is 9.80 Å². The zero-order valence-electron chi connectivity index (χ0n) is 16.1. The van der Waals surface area contributed by atoms with Crippen LogP contribution in [0, 0.1) is 10.8 Å². The molecular weight excluding hydrogens is 294 g/mol. The zero-order chi connectivity index (χ0) is 17.6. The lowest BCUT2D eigenvalue weighted by atomic mass is 9.77. The van der Waals surface area contributed by atoms with Crippen molar-refractivity contribution in [3.8, 4) is 0 Å². The van der Waals surface area contributed by atoms with Gasteiger partial charge in [0.15, 0.2) is 0 Å². The van der Waals surface area contributed by atoms with Gasteiger partial charge >= 0.3 is 0 Å². The molecular formula is C19H36F2N2. The van der Waals surface area contributed by atoms with Crippen LogP contribution in [0.1, 0.15) is 60.3 Å². The summed E-state index contributed by atoms with van der Waals surface area (Å²) in [6.07, 6.45) is 2.85. The van der Waals surface area contributed by atoms with Gasteiger partial charge in [0, 0.05) is 24.2 Å². The van der Waals surface area contributed by atoms with Crippen LogP contribution in [0.25, 0.3) is 0 Å². The Morgan fingerprint density at radius 1 is 0.957 bits per heavy atom. The largest absolute Gasteiger partial charge is 0.297 e. The molecule has 2 aliphatic rings. The molecule has 0 aromatic rings. The van der Waals surface area contributed by atoms with Crippen molar-refractivity contribution >= 4 is 0 Å². The van der Waals surface area contributed by atoms with Gasteiger partial charge in [0.1, 0.15) is 12.8 Å². The quantitative estimate of drug-likeness (QED) is 0.758. The maximum absolute atomic E-state index is 14.6. The molecule has 4 heteroatoms. The van der Waals surface area contributed by atoms with Gasteiger partial charge in [-0.25, -0.2) is 8.78 Å². The van der Waals surface area contributed by atoms with Crippen LogP contribution in [-0.2, 0) is 0 Å². The van der Waals surface area contributed by atoms with Gasteiger partial charge in [0.05, 0.1) is 0 Å². The summed E-state index contributed by atoms with van der Waals surface area (Å²) in [4.78, 5) is 4.50. The fraction of sp³-hybridized carbons (Fsp3) is 1.00. The summed E-state index contributed by atoms with van der Waals surface area (Å²) in [5, 5.41) is 0. The lowest BCUT2D eigenvalue weighted by Gasteiger charge is -2.42. The molecule has 0 saturated carbocycles. The van der Waals surface area contributed by atoms with Crippen molar-refractivity contribution in [2.24, 2.45) is 10.8 Å². The van der Waals surface area contributed by atoms with Crippen molar-refractivity contribution < 1.29 is 8.78 Å². The molecule has 2 saturated heterocycles. The Morgan fingerprint density at radius 3 is 2.00 bits per heavy atom. The maximum atomic E-state index is 14.6. The van der Waals surface area contributed by atoms with Gasteiger partial charge in [-0.2, -0.15) is 0 Å². The Balaban J connectivity index is 2.07. The van der Waals surface area contributed by atoms with E-state index in [0.29, 0.717) is 12.5 Å². The molecule has 2 fully saturated rings. The summed E-state index contributed by atoms with van der Waals surface area (Å²) < 4.78 is 27.7. The van der Waals surface area contributed by atoms with Crippen LogP contribution in [0.3, 0.4) is 0 Å². The van der Waals surface area contributed by atoms with E-state index in [1.807, 2.05) is 0 Å². The van der Waals surface area contributed by atoms with Crippen LogP contribution in [-0.4, -0.2) is 60.9 Å². The fourth-order valence-electron chi connectivity index (χ4n) is 5.30. The standard InChI is InChI=1S/C19H36F2N2/c1-18(2,3)17-15(21)10-14(23(17)7)11-19(4,5)16-9-8-13(12-20)22(16)6/h13-17H,8-12H2,1-7H3. The number of rotatable bonds is 4. The number of halogens is 2. The summed E-state index contributed by atoms with van der Waals surface area (Å²) in [5.74, 6) is 0. The van der Waals surface area contributed by atoms with Gasteiger partial charge < -0.3 is 0 Å². The summed E-state index contributed by atoms with van der Waals surface area (Å²) in [5.41, 5.74) is 0.0284. The smallest absolute Gasteiger partial charge is 0.118 e. The maximum Gasteiger partial charge on any atom is 0.118 e. The van der Waals surface area contributed by atoms with E-state index in [-0.39, 0.29) is 35.6 Å². The third-order valence-electron chi connectivity index (χ3n) is 6.42. The minimum absolute atomic E-state index is 0.0109. The molecule has 0 aromatic heterocycles. The number of hydrogen-bond donors (Lipinski definition) is 0. The van der Waals surface area contributed by atoms with E-state index in [4.69, 9.17) is 0 Å². The molecule has 136 valence electrons. The minimum Gasteiger partial charge on any atom is -0.297 e. The third-order valence-corrected chi connectivity index (χ3v) is 6.42. The monoisotopic (exact) mass is 330 g/mol. The zero-order valence-corrected chi connectivity index (χ0v) is 16.1. The summed E-state index contributed by atoms with van der Waals surface area (Å²) in [6.45, 7) is 10.7. The summed E-state index contributed by atoms with van der Waals surface area (Å²) in [6, 6.07) is 0.727. The van der Waals surface area contributed by atoms with E-state index in [2.05, 4.69) is 58.5 Å². The van der Waals surface area contributed by atoms with E-state index >= 15 is 0 Å². The van der Waals surface area contributed by atoms with E-state index in [1.165, 1.54) is 0 Å². The Kier molecular flexibility index (Phi) is 5.47. The molecule has 0 aliphatic carbocycles. The van der Waals surface area contributed by atoms with E-state index in [0.717, 1.165) is 19.3 Å². The molecule has 0 spiro atoms. The molecule has 2 nitrogen and oxygen atoms in total. The second-order valence-electron chi connectivity index (χ2n) is 9.64. The van der Waals surface area contributed by atoms with E-state index < -0.39 is 6.17 Å². The molecule has 0 N–H and O–H groups in total. The first-order chi connectivity index (χ1) is 10.5. The molecule has 2 aliphatic heterocycles. The van der Waals surface area contributed by atoms with Crippen molar-refractivity contribution in [1.82, 2.24) is 9.80 Å². The van der Waals surface area contributed by atoms with Crippen molar-refractivity contribution in [3.63, 3.8) is 0 Å². The Morgan fingerprint density at radius 2 is 1.57 bits per heavy atom. The van der Waals surface area contributed by atoms with Gasteiger partial charge in [-0.15, -0.1) is 0 Å². The lowest BCUT2D eigenvalue weighted by Crippen LogP contribution is -2.47. The van der Waals surface area contributed by atoms with Crippen LogP contribution < -0.4 is 0 Å². The SMILES string of the molecule is CN1C(CC(C)(C)C2CCC(CF)N2C)CC(F)C1C(C)(C)C. The predicted octanol–water partition coefficient (Wildman–Crippen LogP) is 4.29. The minimum atomic E-state index is -0.749. The molecule has 0 bridgehead atoms. The molecule has 5 unspecified atom stereocenters. The molecule has 2 heterocycles. The highest BCUT2D eigenvalue weighted by atomic mass is 19.1. The highest BCUT2D eigenvalue weighted by molar-refractivity contribution is 5.02. The number of likely N-dealkylation sites (tertiary alicyclic amines) is 2. The highest BCUT2D eigenvalue weighted by Crippen LogP contribution is 2.44. The molecule has 0 amide bonds. The molecule has 2 rings (SSSR count). The number of alkyl halides is 2. The van der Waals surface area contributed by atoms with Crippen molar-refractivity contribution in [2.75, 3.05) is 20.8 Å². The molecule has 0 radical (unpaired) electrons. The second kappa shape index (κ2) is 6.59. The Bertz CT molecular complexity index is 405. The van der Waals surface area contributed by atoms with Crippen LogP contribution in [0.4, 0.5) is 8.78 Å². The van der Waals surface area contributed by atoms with Gasteiger partial charge in [-0.05, 0) is 50.6 Å². The summed E-state index contributed by atoms with van der Waals surface area (Å²) >= 11 is 0. The first-order valence-corrected chi connectivity index (χ1v) is 9.13. The van der Waals surface area contributed by atoms with Crippen LogP contribution in [0.2, 0.25) is 0 Å². The predicted molar refractivity (Wildman–Crippen MR) is 93.3 cm³/mol. The van der Waals surface area contributed by atoms with E-state index in [9.17, 15) is 8.78 Å². The van der Waals surface area contributed by atoms with Gasteiger partial charge in [-0.1, -0.05) is 34.6 Å². The lowest BCUT2D eigenvalue weighted by molar-refractivity contribution is 0.0586. The second-order valence-corrected chi connectivity index (χ2v) is 9.64. The Labute approximate surface area is 141 Å². The first kappa shape index (κ1) is 19.1. The average molecular weight is 331 g/mol. The van der Waals surface area contributed by atoms with Gasteiger partial charge in [0.25, 0.3) is 0 Å². The topological polar surface area (TPSA) is 6.48 Å². The number of nitrogens with zero attached hydrogens (tertiary/aromatic N) is 2. The normalized spacial score (nSPS) is 37.7. The number of hydrogen-bond acceptors (Lipinski definition) is 2. The fourth-order valence-corrected chi connectivity index (χ4v) is 5.30. The molecule has 5 atom stereocenters. The van der Waals surface area contributed by atoms with Crippen LogP contribution in [0.15, 0.2) is 0 Å². The molecule has 23 heavy (non-hydrogen) atoms. The average Bonchev–Trinajstić information content (AvgIpc) is 2.89. The first-order valence-electron chi connectivity index (χ1n) is 9.13. The van der Waals surface area contributed by atoms with Crippen molar-refractivity contribution in [2.45, 2.75) is 90.6 Å². The van der Waals surface area contributed by atoms with Crippen molar-refractivity contribution in [1.29, 1.82) is 0 Å². The summed E-state index contributed by atoms with van der Waals surface area (Å²) in [7, 11) is 4.14. The van der Waals surface area contributed by atoms with Crippen molar-refractivity contribution in [3.05, 3.63) is 0 Å². The Hall–Kier alpha value is -0.220. The van der Waals surface area contributed by atoms with Crippen LogP contribution >= 0.6 is 0 Å².